The molecule has 0 saturated carbocycles. The Bertz CT molecular complexity index is 978. The third kappa shape index (κ3) is 2.91. The Hall–Kier alpha value is -2.99. The molecule has 4 aromatic rings. The summed E-state index contributed by atoms with van der Waals surface area (Å²) >= 11 is 1.53. The van der Waals surface area contributed by atoms with Gasteiger partial charge in [0.05, 0.1) is 15.9 Å². The van der Waals surface area contributed by atoms with E-state index in [0.29, 0.717) is 5.82 Å². The van der Waals surface area contributed by atoms with Crippen LogP contribution in [0.4, 0.5) is 5.82 Å². The molecule has 3 N–H and O–H groups in total. The fourth-order valence-corrected chi connectivity index (χ4v) is 3.27. The number of benzene rings is 1. The molecule has 3 aromatic heterocycles. The predicted octanol–water partition coefficient (Wildman–Crippen LogP) is 4.34. The van der Waals surface area contributed by atoms with Crippen LogP contribution in [0.5, 0.6) is 5.75 Å². The average Bonchev–Trinajstić information content (AvgIpc) is 2.99. The molecule has 0 aliphatic heterocycles. The summed E-state index contributed by atoms with van der Waals surface area (Å²) in [6.07, 6.45) is 3.50. The van der Waals surface area contributed by atoms with E-state index in [2.05, 4.69) is 15.0 Å². The molecule has 0 spiro atoms. The van der Waals surface area contributed by atoms with Crippen molar-refractivity contribution in [1.82, 2.24) is 15.0 Å². The zero-order valence-electron chi connectivity index (χ0n) is 12.0. The summed E-state index contributed by atoms with van der Waals surface area (Å²) in [6, 6.07) is 12.7. The van der Waals surface area contributed by atoms with Crippen LogP contribution in [-0.2, 0) is 0 Å². The molecule has 24 heavy (non-hydrogen) atoms. The highest BCUT2D eigenvalue weighted by Crippen LogP contribution is 2.32. The number of nitrogen functional groups attached to an aromatic ring is 1. The van der Waals surface area contributed by atoms with E-state index in [-0.39, 0.29) is 13.2 Å². The van der Waals surface area contributed by atoms with Crippen LogP contribution in [0.1, 0.15) is 7.43 Å². The molecule has 0 fully saturated rings. The van der Waals surface area contributed by atoms with E-state index in [4.69, 9.17) is 5.73 Å². The molecule has 0 saturated heterocycles. The summed E-state index contributed by atoms with van der Waals surface area (Å²) in [6.45, 7) is 0. The van der Waals surface area contributed by atoms with Crippen molar-refractivity contribution < 1.29 is 5.11 Å². The SMILES string of the molecule is C.Nc1ccc(-c2ccc(-c3nc4ccc(O)cc4s3)cn2)cn1. The Balaban J connectivity index is 0.00000169. The smallest absolute Gasteiger partial charge is 0.126 e. The standard InChI is InChI=1S/C17H12N4OS.CH4/c18-16-6-2-10(8-20-16)13-4-1-11(9-19-13)17-21-14-5-3-12(22)7-15(14)23-17;/h1-9,22H,(H2,18,20);1H4. The Morgan fingerprint density at radius 2 is 1.71 bits per heavy atom. The molecule has 120 valence electrons. The fourth-order valence-electron chi connectivity index (χ4n) is 2.28. The summed E-state index contributed by atoms with van der Waals surface area (Å²) in [5.74, 6) is 0.736. The second kappa shape index (κ2) is 6.25. The van der Waals surface area contributed by atoms with E-state index < -0.39 is 0 Å². The lowest BCUT2D eigenvalue weighted by atomic mass is 10.1. The quantitative estimate of drug-likeness (QED) is 0.568. The Morgan fingerprint density at radius 1 is 0.917 bits per heavy atom. The van der Waals surface area contributed by atoms with Gasteiger partial charge >= 0.3 is 0 Å². The molecule has 4 rings (SSSR count). The molecule has 0 amide bonds. The number of hydrogen-bond donors (Lipinski definition) is 2. The molecule has 5 nitrogen and oxygen atoms in total. The average molecular weight is 336 g/mol. The Labute approximate surface area is 143 Å². The number of nitrogens with two attached hydrogens (primary N) is 1. The van der Waals surface area contributed by atoms with Crippen LogP contribution in [0.2, 0.25) is 0 Å². The number of rotatable bonds is 2. The van der Waals surface area contributed by atoms with Crippen molar-refractivity contribution in [2.75, 3.05) is 5.73 Å². The van der Waals surface area contributed by atoms with Gasteiger partial charge in [-0.25, -0.2) is 9.97 Å². The van der Waals surface area contributed by atoms with Gasteiger partial charge in [-0.2, -0.15) is 0 Å². The van der Waals surface area contributed by atoms with Gasteiger partial charge in [-0.15, -0.1) is 11.3 Å². The zero-order chi connectivity index (χ0) is 15.8. The van der Waals surface area contributed by atoms with Crippen molar-refractivity contribution >= 4 is 27.4 Å². The van der Waals surface area contributed by atoms with Gasteiger partial charge in [0.1, 0.15) is 16.6 Å². The van der Waals surface area contributed by atoms with Crippen molar-refractivity contribution in [2.24, 2.45) is 0 Å². The van der Waals surface area contributed by atoms with Gasteiger partial charge in [-0.1, -0.05) is 7.43 Å². The maximum atomic E-state index is 9.54. The van der Waals surface area contributed by atoms with E-state index in [0.717, 1.165) is 32.0 Å². The van der Waals surface area contributed by atoms with E-state index in [1.54, 1.807) is 30.6 Å². The van der Waals surface area contributed by atoms with Gasteiger partial charge < -0.3 is 10.8 Å². The maximum absolute atomic E-state index is 9.54. The number of anilines is 1. The molecule has 0 aliphatic rings. The minimum absolute atomic E-state index is 0. The van der Waals surface area contributed by atoms with E-state index in [9.17, 15) is 5.11 Å². The lowest BCUT2D eigenvalue weighted by Gasteiger charge is -2.02. The van der Waals surface area contributed by atoms with Crippen LogP contribution in [0, 0.1) is 0 Å². The van der Waals surface area contributed by atoms with Crippen molar-refractivity contribution in [3.05, 3.63) is 54.9 Å². The summed E-state index contributed by atoms with van der Waals surface area (Å²) in [4.78, 5) is 13.1. The number of thiazole rings is 1. The number of phenolic OH excluding ortho intramolecular Hbond substituents is 1. The van der Waals surface area contributed by atoms with Crippen LogP contribution in [0.15, 0.2) is 54.9 Å². The number of phenols is 1. The number of hydrogen-bond acceptors (Lipinski definition) is 6. The van der Waals surface area contributed by atoms with Gasteiger partial charge in [-0.05, 0) is 42.5 Å². The Morgan fingerprint density at radius 3 is 2.42 bits per heavy atom. The summed E-state index contributed by atoms with van der Waals surface area (Å²) in [7, 11) is 0. The second-order valence-corrected chi connectivity index (χ2v) is 6.11. The summed E-state index contributed by atoms with van der Waals surface area (Å²) in [5, 5.41) is 10.4. The molecule has 1 aromatic carbocycles. The first-order valence-electron chi connectivity index (χ1n) is 6.97. The molecule has 6 heteroatoms. The first-order valence-corrected chi connectivity index (χ1v) is 7.78. The highest BCUT2D eigenvalue weighted by molar-refractivity contribution is 7.21. The molecule has 0 bridgehead atoms. The molecule has 0 atom stereocenters. The highest BCUT2D eigenvalue weighted by atomic mass is 32.1. The number of pyridine rings is 2. The van der Waals surface area contributed by atoms with E-state index in [1.165, 1.54) is 11.3 Å². The summed E-state index contributed by atoms with van der Waals surface area (Å²) < 4.78 is 0.951. The van der Waals surface area contributed by atoms with Crippen molar-refractivity contribution in [3.8, 4) is 27.6 Å². The first-order chi connectivity index (χ1) is 11.2. The van der Waals surface area contributed by atoms with Gasteiger partial charge in [0.15, 0.2) is 0 Å². The highest BCUT2D eigenvalue weighted by Gasteiger charge is 2.08. The van der Waals surface area contributed by atoms with Crippen LogP contribution < -0.4 is 5.73 Å². The van der Waals surface area contributed by atoms with E-state index in [1.807, 2.05) is 24.3 Å². The molecular formula is C18H16N4OS. The van der Waals surface area contributed by atoms with Gasteiger partial charge in [0.2, 0.25) is 0 Å². The summed E-state index contributed by atoms with van der Waals surface area (Å²) in [5.41, 5.74) is 9.16. The number of aromatic hydroxyl groups is 1. The van der Waals surface area contributed by atoms with Crippen LogP contribution in [0.25, 0.3) is 32.0 Å². The number of nitrogens with zero attached hydrogens (tertiary/aromatic N) is 3. The minimum atomic E-state index is 0. The molecular weight excluding hydrogens is 320 g/mol. The molecule has 0 aliphatic carbocycles. The lowest BCUT2D eigenvalue weighted by Crippen LogP contribution is -1.90. The maximum Gasteiger partial charge on any atom is 0.126 e. The van der Waals surface area contributed by atoms with Gasteiger partial charge in [-0.3, -0.25) is 4.98 Å². The number of aromatic nitrogens is 3. The third-order valence-corrected chi connectivity index (χ3v) is 4.53. The second-order valence-electron chi connectivity index (χ2n) is 5.07. The van der Waals surface area contributed by atoms with E-state index >= 15 is 0 Å². The minimum Gasteiger partial charge on any atom is -0.508 e. The topological polar surface area (TPSA) is 84.9 Å². The molecule has 3 heterocycles. The van der Waals surface area contributed by atoms with Crippen LogP contribution in [0.3, 0.4) is 0 Å². The van der Waals surface area contributed by atoms with Gasteiger partial charge in [0, 0.05) is 23.5 Å². The van der Waals surface area contributed by atoms with Crippen molar-refractivity contribution in [2.45, 2.75) is 7.43 Å². The van der Waals surface area contributed by atoms with Crippen LogP contribution >= 0.6 is 11.3 Å². The predicted molar refractivity (Wildman–Crippen MR) is 98.9 cm³/mol. The first kappa shape index (κ1) is 15.9. The number of fused-ring (bicyclic) bond motifs is 1. The normalized spacial score (nSPS) is 10.5. The monoisotopic (exact) mass is 336 g/mol. The van der Waals surface area contributed by atoms with Crippen molar-refractivity contribution in [1.29, 1.82) is 0 Å². The zero-order valence-corrected chi connectivity index (χ0v) is 12.8. The molecule has 0 unspecified atom stereocenters. The van der Waals surface area contributed by atoms with Crippen molar-refractivity contribution in [3.63, 3.8) is 0 Å². The lowest BCUT2D eigenvalue weighted by molar-refractivity contribution is 0.476. The van der Waals surface area contributed by atoms with Crippen LogP contribution in [-0.4, -0.2) is 20.1 Å². The van der Waals surface area contributed by atoms with Gasteiger partial charge in [0.25, 0.3) is 0 Å². The molecule has 0 radical (unpaired) electrons. The largest absolute Gasteiger partial charge is 0.508 e. The Kier molecular flexibility index (Phi) is 4.14. The fraction of sp³-hybridized carbons (Fsp3) is 0.0556. The third-order valence-electron chi connectivity index (χ3n) is 3.46.